The number of alkyl halides is 3. The SMILES string of the molecule is Cc1cc(-[14c]2[14cH]c(C(F)(F)F)[nH]n2)c(F)cc1Cl. The summed E-state index contributed by atoms with van der Waals surface area (Å²) in [6.07, 6.45) is -4.54. The molecule has 1 aromatic carbocycles. The van der Waals surface area contributed by atoms with Crippen LogP contribution in [0.25, 0.3) is 11.3 Å². The molecule has 0 saturated heterocycles. The molecule has 0 unspecified atom stereocenters. The van der Waals surface area contributed by atoms with Crippen LogP contribution in [0.2, 0.25) is 5.02 Å². The second kappa shape index (κ2) is 4.28. The van der Waals surface area contributed by atoms with Crippen molar-refractivity contribution in [1.29, 1.82) is 0 Å². The van der Waals surface area contributed by atoms with Gasteiger partial charge in [-0.2, -0.15) is 18.3 Å². The fraction of sp³-hybridized carbons (Fsp3) is 0.182. The molecule has 2 rings (SSSR count). The molecule has 0 atom stereocenters. The number of nitrogens with zero attached hydrogens (tertiary/aromatic N) is 1. The van der Waals surface area contributed by atoms with Gasteiger partial charge in [0.25, 0.3) is 0 Å². The lowest BCUT2D eigenvalue weighted by molar-refractivity contribution is -0.141. The molecule has 2 nitrogen and oxygen atoms in total. The van der Waals surface area contributed by atoms with Crippen LogP contribution in [-0.4, -0.2) is 10.2 Å². The zero-order valence-corrected chi connectivity index (χ0v) is 9.83. The Morgan fingerprint density at radius 1 is 1.39 bits per heavy atom. The number of aromatic amines is 1. The molecule has 0 aliphatic heterocycles. The van der Waals surface area contributed by atoms with Crippen molar-refractivity contribution in [3.8, 4) is 11.3 Å². The Balaban J connectivity index is 2.50. The van der Waals surface area contributed by atoms with E-state index in [0.717, 1.165) is 12.1 Å². The molecule has 0 aliphatic rings. The summed E-state index contributed by atoms with van der Waals surface area (Å²) < 4.78 is 50.7. The maximum atomic E-state index is 13.6. The van der Waals surface area contributed by atoms with E-state index in [2.05, 4.69) is 5.10 Å². The van der Waals surface area contributed by atoms with E-state index in [0.29, 0.717) is 5.56 Å². The summed E-state index contributed by atoms with van der Waals surface area (Å²) in [5.41, 5.74) is -0.600. The molecule has 0 saturated carbocycles. The number of aryl methyl sites for hydroxylation is 1. The fourth-order valence-corrected chi connectivity index (χ4v) is 1.61. The van der Waals surface area contributed by atoms with Gasteiger partial charge < -0.3 is 0 Å². The first-order chi connectivity index (χ1) is 8.29. The largest absolute Gasteiger partial charge is 0.432 e. The Kier molecular flexibility index (Phi) is 3.06. The summed E-state index contributed by atoms with van der Waals surface area (Å²) in [6, 6.07) is 3.16. The van der Waals surface area contributed by atoms with Crippen LogP contribution < -0.4 is 0 Å². The summed E-state index contributed by atoms with van der Waals surface area (Å²) >= 11 is 5.70. The summed E-state index contributed by atoms with van der Waals surface area (Å²) in [5.74, 6) is -0.717. The molecule has 96 valence electrons. The second-order valence-electron chi connectivity index (χ2n) is 3.75. The Labute approximate surface area is 105 Å². The van der Waals surface area contributed by atoms with Crippen LogP contribution in [-0.2, 0) is 6.18 Å². The smallest absolute Gasteiger partial charge is 0.273 e. The number of benzene rings is 1. The predicted molar refractivity (Wildman–Crippen MR) is 58.7 cm³/mol. The average molecular weight is 283 g/mol. The van der Waals surface area contributed by atoms with Gasteiger partial charge in [-0.05, 0) is 30.7 Å². The van der Waals surface area contributed by atoms with Gasteiger partial charge in [-0.3, -0.25) is 5.10 Å². The van der Waals surface area contributed by atoms with E-state index in [1.807, 2.05) is 5.10 Å². The van der Waals surface area contributed by atoms with E-state index < -0.39 is 17.7 Å². The van der Waals surface area contributed by atoms with E-state index >= 15 is 0 Å². The predicted octanol–water partition coefficient (Wildman–Crippen LogP) is 4.20. The number of nitrogens with one attached hydrogen (secondary N) is 1. The van der Waals surface area contributed by atoms with Crippen LogP contribution in [0, 0.1) is 12.7 Å². The zero-order chi connectivity index (χ0) is 13.5. The van der Waals surface area contributed by atoms with Crippen molar-refractivity contribution in [3.63, 3.8) is 0 Å². The lowest BCUT2D eigenvalue weighted by Gasteiger charge is -2.03. The number of aromatic nitrogens is 2. The van der Waals surface area contributed by atoms with Gasteiger partial charge in [0.2, 0.25) is 0 Å². The van der Waals surface area contributed by atoms with E-state index in [-0.39, 0.29) is 16.3 Å². The summed E-state index contributed by atoms with van der Waals surface area (Å²) in [5, 5.41) is 5.50. The van der Waals surface area contributed by atoms with Gasteiger partial charge in [0, 0.05) is 10.6 Å². The Hall–Kier alpha value is -1.56. The third-order valence-electron chi connectivity index (χ3n) is 2.41. The van der Waals surface area contributed by atoms with E-state index in [9.17, 15) is 17.6 Å². The molecule has 0 radical (unpaired) electrons. The molecule has 1 aromatic heterocycles. The standard InChI is InChI=1S/C11H7ClF4N2/c1-5-2-6(8(13)3-7(5)12)9-4-10(18-17-9)11(14,15)16/h2-4H,1H3,(H,17,18)/i4+2,9+2. The minimum absolute atomic E-state index is 0.0244. The van der Waals surface area contributed by atoms with Crippen LogP contribution in [0.15, 0.2) is 18.2 Å². The molecule has 0 bridgehead atoms. The highest BCUT2D eigenvalue weighted by atomic mass is 35.5. The van der Waals surface area contributed by atoms with E-state index in [1.165, 1.54) is 6.07 Å². The Morgan fingerprint density at radius 2 is 2.06 bits per heavy atom. The molecule has 1 heterocycles. The molecule has 0 fully saturated rings. The maximum Gasteiger partial charge on any atom is 0.432 e. The fourth-order valence-electron chi connectivity index (χ4n) is 1.46. The van der Waals surface area contributed by atoms with Gasteiger partial charge in [0.05, 0.1) is 5.69 Å². The van der Waals surface area contributed by atoms with Crippen molar-refractivity contribution >= 4 is 11.6 Å². The number of hydrogen-bond acceptors (Lipinski definition) is 1. The Bertz CT molecular complexity index is 589. The highest BCUT2D eigenvalue weighted by molar-refractivity contribution is 6.31. The molecule has 0 aliphatic carbocycles. The first-order valence-corrected chi connectivity index (χ1v) is 5.25. The van der Waals surface area contributed by atoms with Crippen LogP contribution in [0.3, 0.4) is 0 Å². The number of H-pyrrole nitrogens is 1. The summed E-state index contributed by atoms with van der Waals surface area (Å²) in [7, 11) is 0. The van der Waals surface area contributed by atoms with Gasteiger partial charge in [0.15, 0.2) is 0 Å². The normalized spacial score (nSPS) is 11.9. The monoisotopic (exact) mass is 282 g/mol. The average Bonchev–Trinajstić information content (AvgIpc) is 2.72. The first kappa shape index (κ1) is 12.9. The van der Waals surface area contributed by atoms with Crippen LogP contribution in [0.1, 0.15) is 11.3 Å². The minimum atomic E-state index is -4.54. The highest BCUT2D eigenvalue weighted by Crippen LogP contribution is 2.32. The summed E-state index contributed by atoms with van der Waals surface area (Å²) in [4.78, 5) is 0. The van der Waals surface area contributed by atoms with E-state index in [4.69, 9.17) is 11.6 Å². The number of hydrogen-bond donors (Lipinski definition) is 1. The second-order valence-corrected chi connectivity index (χ2v) is 4.15. The van der Waals surface area contributed by atoms with Gasteiger partial charge in [-0.15, -0.1) is 0 Å². The molecular formula is C11H7ClF4N2. The van der Waals surface area contributed by atoms with Crippen molar-refractivity contribution in [2.75, 3.05) is 0 Å². The lowest BCUT2D eigenvalue weighted by atomic mass is 10.2. The first-order valence-electron chi connectivity index (χ1n) is 4.87. The topological polar surface area (TPSA) is 28.7 Å². The van der Waals surface area contributed by atoms with Crippen molar-refractivity contribution in [1.82, 2.24) is 10.2 Å². The highest BCUT2D eigenvalue weighted by Gasteiger charge is 2.33. The van der Waals surface area contributed by atoms with E-state index in [1.54, 1.807) is 6.92 Å². The third kappa shape index (κ3) is 2.33. The minimum Gasteiger partial charge on any atom is -0.273 e. The zero-order valence-electron chi connectivity index (χ0n) is 9.07. The third-order valence-corrected chi connectivity index (χ3v) is 2.81. The van der Waals surface area contributed by atoms with Gasteiger partial charge in [-0.25, -0.2) is 4.39 Å². The molecular weight excluding hydrogens is 276 g/mol. The molecule has 1 N–H and O–H groups in total. The van der Waals surface area contributed by atoms with Crippen molar-refractivity contribution < 1.29 is 17.6 Å². The van der Waals surface area contributed by atoms with Gasteiger partial charge in [0.1, 0.15) is 11.5 Å². The molecule has 2 aromatic rings. The van der Waals surface area contributed by atoms with Crippen LogP contribution in [0.4, 0.5) is 17.6 Å². The van der Waals surface area contributed by atoms with Gasteiger partial charge in [-0.1, -0.05) is 11.6 Å². The molecule has 0 spiro atoms. The Morgan fingerprint density at radius 3 is 2.61 bits per heavy atom. The van der Waals surface area contributed by atoms with Crippen LogP contribution in [0.5, 0.6) is 0 Å². The number of halogens is 5. The van der Waals surface area contributed by atoms with Crippen molar-refractivity contribution in [3.05, 3.63) is 40.3 Å². The van der Waals surface area contributed by atoms with Crippen molar-refractivity contribution in [2.24, 2.45) is 0 Å². The molecule has 0 amide bonds. The quantitative estimate of drug-likeness (QED) is 0.780. The molecule has 18 heavy (non-hydrogen) atoms. The lowest BCUT2D eigenvalue weighted by Crippen LogP contribution is -2.04. The summed E-state index contributed by atoms with van der Waals surface area (Å²) in [6.45, 7) is 1.63. The maximum absolute atomic E-state index is 13.6. The van der Waals surface area contributed by atoms with Gasteiger partial charge >= 0.3 is 6.18 Å². The molecule has 7 heteroatoms. The number of rotatable bonds is 1. The van der Waals surface area contributed by atoms with Crippen molar-refractivity contribution in [2.45, 2.75) is 13.1 Å². The van der Waals surface area contributed by atoms with Crippen LogP contribution >= 0.6 is 11.6 Å².